The van der Waals surface area contributed by atoms with Crippen LogP contribution in [0.4, 0.5) is 0 Å². The van der Waals surface area contributed by atoms with Crippen molar-refractivity contribution in [3.05, 3.63) is 54.4 Å². The van der Waals surface area contributed by atoms with Gasteiger partial charge in [0.05, 0.1) is 5.52 Å². The molecule has 6 heteroatoms. The number of pyridine rings is 1. The molecule has 1 aliphatic heterocycles. The summed E-state index contributed by atoms with van der Waals surface area (Å²) in [4.78, 5) is 23.3. The molecule has 27 heavy (non-hydrogen) atoms. The van der Waals surface area contributed by atoms with Crippen molar-refractivity contribution in [1.29, 1.82) is 0 Å². The Morgan fingerprint density at radius 2 is 2.30 bits per heavy atom. The van der Waals surface area contributed by atoms with Crippen LogP contribution in [0.3, 0.4) is 0 Å². The van der Waals surface area contributed by atoms with Gasteiger partial charge < -0.3 is 14.1 Å². The first-order valence-corrected chi connectivity index (χ1v) is 9.47. The molecule has 2 aromatic heterocycles. The van der Waals surface area contributed by atoms with Crippen LogP contribution in [0.1, 0.15) is 49.0 Å². The molecule has 0 radical (unpaired) electrons. The van der Waals surface area contributed by atoms with Crippen molar-refractivity contribution in [3.63, 3.8) is 0 Å². The molecular formula is C21H23N3O3. The molecule has 1 aromatic carbocycles. The van der Waals surface area contributed by atoms with Gasteiger partial charge in [-0.05, 0) is 43.5 Å². The Kier molecular flexibility index (Phi) is 5.05. The Bertz CT molecular complexity index is 937. The minimum atomic E-state index is -0.0438. The van der Waals surface area contributed by atoms with E-state index < -0.39 is 0 Å². The second-order valence-corrected chi connectivity index (χ2v) is 6.86. The van der Waals surface area contributed by atoms with Gasteiger partial charge in [-0.3, -0.25) is 9.78 Å². The van der Waals surface area contributed by atoms with Crippen LogP contribution < -0.4 is 4.74 Å². The molecule has 0 aliphatic carbocycles. The third-order valence-corrected chi connectivity index (χ3v) is 4.97. The molecule has 0 saturated carbocycles. The van der Waals surface area contributed by atoms with E-state index in [0.717, 1.165) is 43.1 Å². The summed E-state index contributed by atoms with van der Waals surface area (Å²) in [6.07, 6.45) is 7.45. The first-order valence-electron chi connectivity index (χ1n) is 9.47. The molecule has 1 aliphatic rings. The maximum absolute atomic E-state index is 12.7. The fraction of sp³-hybridized carbons (Fsp3) is 0.381. The molecule has 1 amide bonds. The van der Waals surface area contributed by atoms with E-state index in [4.69, 9.17) is 9.15 Å². The molecule has 0 N–H and O–H groups in total. The maximum Gasteiger partial charge on any atom is 0.276 e. The molecule has 4 rings (SSSR count). The topological polar surface area (TPSA) is 68.5 Å². The van der Waals surface area contributed by atoms with Crippen LogP contribution in [0.5, 0.6) is 5.75 Å². The van der Waals surface area contributed by atoms with E-state index in [9.17, 15) is 4.79 Å². The minimum absolute atomic E-state index is 0.0438. The molecule has 1 saturated heterocycles. The number of likely N-dealkylation sites (tertiary alicyclic amines) is 1. The van der Waals surface area contributed by atoms with Crippen LogP contribution in [0.25, 0.3) is 10.9 Å². The highest BCUT2D eigenvalue weighted by Crippen LogP contribution is 2.24. The first-order chi connectivity index (χ1) is 13.2. The standard InChI is InChI=1S/C21H23N3O3/c1-2-5-16-7-4-11-24(16)21(25)19-13-27-20(23-19)14-26-17-8-9-18-15(12-17)6-3-10-22-18/h3,6,8-10,12-13,16H,2,4-5,7,11,14H2,1H3. The monoisotopic (exact) mass is 365 g/mol. The number of carbonyl (C=O) groups excluding carboxylic acids is 1. The van der Waals surface area contributed by atoms with Gasteiger partial charge in [-0.15, -0.1) is 0 Å². The normalized spacial score (nSPS) is 16.8. The zero-order chi connectivity index (χ0) is 18.6. The van der Waals surface area contributed by atoms with Crippen LogP contribution in [0.15, 0.2) is 47.2 Å². The lowest BCUT2D eigenvalue weighted by molar-refractivity contribution is 0.0724. The van der Waals surface area contributed by atoms with E-state index in [1.54, 1.807) is 6.20 Å². The molecule has 0 spiro atoms. The molecule has 1 unspecified atom stereocenters. The summed E-state index contributed by atoms with van der Waals surface area (Å²) in [6, 6.07) is 9.91. The SMILES string of the molecule is CCCC1CCCN1C(=O)c1coc(COc2ccc3ncccc3c2)n1. The average Bonchev–Trinajstić information content (AvgIpc) is 3.36. The van der Waals surface area contributed by atoms with E-state index >= 15 is 0 Å². The number of hydrogen-bond acceptors (Lipinski definition) is 5. The zero-order valence-electron chi connectivity index (χ0n) is 15.4. The Balaban J connectivity index is 1.40. The highest BCUT2D eigenvalue weighted by molar-refractivity contribution is 5.92. The predicted octanol–water partition coefficient (Wildman–Crippen LogP) is 4.21. The number of rotatable bonds is 6. The quantitative estimate of drug-likeness (QED) is 0.655. The summed E-state index contributed by atoms with van der Waals surface area (Å²) in [6.45, 7) is 3.13. The second kappa shape index (κ2) is 7.78. The summed E-state index contributed by atoms with van der Waals surface area (Å²) >= 11 is 0. The van der Waals surface area contributed by atoms with E-state index in [1.165, 1.54) is 6.26 Å². The van der Waals surface area contributed by atoms with Crippen LogP contribution in [-0.2, 0) is 6.61 Å². The zero-order valence-corrected chi connectivity index (χ0v) is 15.4. The molecule has 1 atom stereocenters. The fourth-order valence-electron chi connectivity index (χ4n) is 3.65. The van der Waals surface area contributed by atoms with Crippen LogP contribution >= 0.6 is 0 Å². The van der Waals surface area contributed by atoms with Crippen LogP contribution in [-0.4, -0.2) is 33.4 Å². The number of nitrogens with zero attached hydrogens (tertiary/aromatic N) is 3. The summed E-state index contributed by atoms with van der Waals surface area (Å²) in [5.74, 6) is 1.07. The highest BCUT2D eigenvalue weighted by atomic mass is 16.5. The number of oxazole rings is 1. The van der Waals surface area contributed by atoms with Gasteiger partial charge in [0.15, 0.2) is 12.3 Å². The molecule has 0 bridgehead atoms. The maximum atomic E-state index is 12.7. The smallest absolute Gasteiger partial charge is 0.276 e. The van der Waals surface area contributed by atoms with Crippen molar-refractivity contribution < 1.29 is 13.9 Å². The lowest BCUT2D eigenvalue weighted by Crippen LogP contribution is -2.35. The second-order valence-electron chi connectivity index (χ2n) is 6.86. The molecule has 1 fully saturated rings. The Morgan fingerprint density at radius 3 is 3.19 bits per heavy atom. The number of benzene rings is 1. The lowest BCUT2D eigenvalue weighted by Gasteiger charge is -2.23. The van der Waals surface area contributed by atoms with Gasteiger partial charge in [0.2, 0.25) is 5.89 Å². The number of aromatic nitrogens is 2. The predicted molar refractivity (Wildman–Crippen MR) is 102 cm³/mol. The van der Waals surface area contributed by atoms with Gasteiger partial charge in [0.1, 0.15) is 12.0 Å². The van der Waals surface area contributed by atoms with E-state index in [1.807, 2.05) is 35.2 Å². The summed E-state index contributed by atoms with van der Waals surface area (Å²) in [5, 5.41) is 1.01. The minimum Gasteiger partial charge on any atom is -0.484 e. The van der Waals surface area contributed by atoms with Crippen molar-refractivity contribution >= 4 is 16.8 Å². The molecule has 140 valence electrons. The van der Waals surface area contributed by atoms with Gasteiger partial charge in [-0.25, -0.2) is 4.98 Å². The molecular weight excluding hydrogens is 342 g/mol. The third-order valence-electron chi connectivity index (χ3n) is 4.97. The number of carbonyl (C=O) groups is 1. The van der Waals surface area contributed by atoms with E-state index in [0.29, 0.717) is 23.4 Å². The third kappa shape index (κ3) is 3.79. The molecule has 3 heterocycles. The van der Waals surface area contributed by atoms with Gasteiger partial charge >= 0.3 is 0 Å². The van der Waals surface area contributed by atoms with Gasteiger partial charge in [0.25, 0.3) is 5.91 Å². The van der Waals surface area contributed by atoms with Crippen molar-refractivity contribution in [2.24, 2.45) is 0 Å². The Labute approximate surface area is 158 Å². The average molecular weight is 365 g/mol. The highest BCUT2D eigenvalue weighted by Gasteiger charge is 2.30. The fourth-order valence-corrected chi connectivity index (χ4v) is 3.65. The van der Waals surface area contributed by atoms with Crippen molar-refractivity contribution in [1.82, 2.24) is 14.9 Å². The van der Waals surface area contributed by atoms with Crippen LogP contribution in [0.2, 0.25) is 0 Å². The van der Waals surface area contributed by atoms with Gasteiger partial charge in [0, 0.05) is 24.2 Å². The number of amides is 1. The summed E-state index contributed by atoms with van der Waals surface area (Å²) < 4.78 is 11.2. The number of ether oxygens (including phenoxy) is 1. The summed E-state index contributed by atoms with van der Waals surface area (Å²) in [7, 11) is 0. The molecule has 3 aromatic rings. The number of hydrogen-bond donors (Lipinski definition) is 0. The summed E-state index contributed by atoms with van der Waals surface area (Å²) in [5.41, 5.74) is 1.28. The first kappa shape index (κ1) is 17.5. The Hall–Kier alpha value is -2.89. The van der Waals surface area contributed by atoms with E-state index in [2.05, 4.69) is 16.9 Å². The Morgan fingerprint density at radius 1 is 1.37 bits per heavy atom. The van der Waals surface area contributed by atoms with Gasteiger partial charge in [-0.1, -0.05) is 19.4 Å². The van der Waals surface area contributed by atoms with Crippen molar-refractivity contribution in [3.8, 4) is 5.75 Å². The van der Waals surface area contributed by atoms with Gasteiger partial charge in [-0.2, -0.15) is 0 Å². The van der Waals surface area contributed by atoms with Crippen molar-refractivity contribution in [2.45, 2.75) is 45.3 Å². The molecule has 6 nitrogen and oxygen atoms in total. The lowest BCUT2D eigenvalue weighted by atomic mass is 10.1. The van der Waals surface area contributed by atoms with E-state index in [-0.39, 0.29) is 12.5 Å². The largest absolute Gasteiger partial charge is 0.484 e. The van der Waals surface area contributed by atoms with Crippen LogP contribution in [0, 0.1) is 0 Å². The number of fused-ring (bicyclic) bond motifs is 1. The van der Waals surface area contributed by atoms with Crippen molar-refractivity contribution in [2.75, 3.05) is 6.54 Å².